The van der Waals surface area contributed by atoms with Crippen LogP contribution in [0.2, 0.25) is 0 Å². The Labute approximate surface area is 116 Å². The Balaban J connectivity index is 1.54. The third-order valence-electron chi connectivity index (χ3n) is 3.36. The highest BCUT2D eigenvalue weighted by atomic mass is 16.6. The minimum atomic E-state index is -0.345. The summed E-state index contributed by atoms with van der Waals surface area (Å²) in [4.78, 5) is 23.3. The Kier molecular flexibility index (Phi) is 3.19. The molecular formula is C14H16N2O4. The lowest BCUT2D eigenvalue weighted by Gasteiger charge is -2.06. The van der Waals surface area contributed by atoms with Crippen LogP contribution in [0, 0.1) is 0 Å². The van der Waals surface area contributed by atoms with Crippen molar-refractivity contribution in [3.63, 3.8) is 0 Å². The van der Waals surface area contributed by atoms with Gasteiger partial charge in [-0.15, -0.1) is 0 Å². The van der Waals surface area contributed by atoms with Crippen LogP contribution in [0.1, 0.15) is 13.8 Å². The Morgan fingerprint density at radius 1 is 0.850 bits per heavy atom. The molecule has 0 aromatic heterocycles. The van der Waals surface area contributed by atoms with Crippen molar-refractivity contribution in [2.75, 3.05) is 10.6 Å². The predicted molar refractivity (Wildman–Crippen MR) is 72.4 cm³/mol. The Morgan fingerprint density at radius 2 is 1.15 bits per heavy atom. The van der Waals surface area contributed by atoms with E-state index in [0.717, 1.165) is 0 Å². The van der Waals surface area contributed by atoms with E-state index in [1.807, 2.05) is 13.8 Å². The van der Waals surface area contributed by atoms with E-state index in [1.165, 1.54) is 0 Å². The van der Waals surface area contributed by atoms with Crippen molar-refractivity contribution in [3.05, 3.63) is 24.3 Å². The average Bonchev–Trinajstić information content (AvgIpc) is 3.30. The standard InChI is InChI=1S/C14H16N2O4/c1-7-11(19-7)13(17)15-9-3-5-10(6-4-9)16-14(18)12-8(2)20-12/h3-8,11-12H,1-2H3,(H,15,17)(H,16,18)/t7-,8?,11-,12?/m1/s1. The van der Waals surface area contributed by atoms with E-state index < -0.39 is 0 Å². The molecule has 6 nitrogen and oxygen atoms in total. The monoisotopic (exact) mass is 276 g/mol. The molecule has 1 aromatic rings. The van der Waals surface area contributed by atoms with Gasteiger partial charge in [0.05, 0.1) is 12.2 Å². The number of anilines is 2. The molecule has 4 atom stereocenters. The first kappa shape index (κ1) is 13.1. The second-order valence-corrected chi connectivity index (χ2v) is 5.08. The first-order valence-corrected chi connectivity index (χ1v) is 6.57. The zero-order valence-corrected chi connectivity index (χ0v) is 11.3. The van der Waals surface area contributed by atoms with Crippen molar-refractivity contribution < 1.29 is 19.1 Å². The molecule has 0 spiro atoms. The predicted octanol–water partition coefficient (Wildman–Crippen LogP) is 1.14. The molecule has 2 N–H and O–H groups in total. The van der Waals surface area contributed by atoms with Crippen LogP contribution in [-0.4, -0.2) is 36.2 Å². The number of ether oxygens (including phenoxy) is 2. The largest absolute Gasteiger partial charge is 0.359 e. The van der Waals surface area contributed by atoms with E-state index >= 15 is 0 Å². The summed E-state index contributed by atoms with van der Waals surface area (Å²) in [5.41, 5.74) is 1.35. The van der Waals surface area contributed by atoms with Crippen LogP contribution in [0.4, 0.5) is 11.4 Å². The lowest BCUT2D eigenvalue weighted by Crippen LogP contribution is -2.20. The molecule has 0 bridgehead atoms. The summed E-state index contributed by atoms with van der Waals surface area (Å²) in [5, 5.41) is 5.51. The summed E-state index contributed by atoms with van der Waals surface area (Å²) in [6.45, 7) is 3.70. The number of carbonyl (C=O) groups excluding carboxylic acids is 2. The third-order valence-corrected chi connectivity index (χ3v) is 3.36. The Hall–Kier alpha value is -1.92. The average molecular weight is 276 g/mol. The van der Waals surface area contributed by atoms with Crippen LogP contribution < -0.4 is 10.6 Å². The number of epoxide rings is 2. The number of rotatable bonds is 4. The molecule has 20 heavy (non-hydrogen) atoms. The fourth-order valence-corrected chi connectivity index (χ4v) is 1.99. The van der Waals surface area contributed by atoms with Gasteiger partial charge in [0.15, 0.2) is 12.2 Å². The van der Waals surface area contributed by atoms with Gasteiger partial charge in [-0.25, -0.2) is 0 Å². The van der Waals surface area contributed by atoms with Gasteiger partial charge in [-0.05, 0) is 38.1 Å². The molecule has 3 rings (SSSR count). The number of hydrogen-bond acceptors (Lipinski definition) is 4. The maximum atomic E-state index is 11.7. The summed E-state index contributed by atoms with van der Waals surface area (Å²) in [6.07, 6.45) is -0.700. The molecular weight excluding hydrogens is 260 g/mol. The molecule has 2 heterocycles. The van der Waals surface area contributed by atoms with Gasteiger partial charge >= 0.3 is 0 Å². The van der Waals surface area contributed by atoms with Crippen LogP contribution in [0.5, 0.6) is 0 Å². The summed E-state index contributed by atoms with van der Waals surface area (Å²) in [7, 11) is 0. The Morgan fingerprint density at radius 3 is 1.40 bits per heavy atom. The van der Waals surface area contributed by atoms with Gasteiger partial charge in [-0.2, -0.15) is 0 Å². The number of benzene rings is 1. The molecule has 2 aliphatic rings. The second-order valence-electron chi connectivity index (χ2n) is 5.08. The molecule has 2 aliphatic heterocycles. The summed E-state index contributed by atoms with van der Waals surface area (Å²) >= 11 is 0. The fraction of sp³-hybridized carbons (Fsp3) is 0.429. The first-order chi connectivity index (χ1) is 9.54. The first-order valence-electron chi connectivity index (χ1n) is 6.57. The van der Waals surface area contributed by atoms with Gasteiger partial charge < -0.3 is 20.1 Å². The topological polar surface area (TPSA) is 83.3 Å². The van der Waals surface area contributed by atoms with E-state index in [1.54, 1.807) is 24.3 Å². The van der Waals surface area contributed by atoms with Crippen molar-refractivity contribution >= 4 is 23.2 Å². The van der Waals surface area contributed by atoms with Gasteiger partial charge in [0.25, 0.3) is 11.8 Å². The van der Waals surface area contributed by atoms with Crippen molar-refractivity contribution in [1.82, 2.24) is 0 Å². The Bertz CT molecular complexity index is 494. The van der Waals surface area contributed by atoms with Crippen LogP contribution >= 0.6 is 0 Å². The smallest absolute Gasteiger partial charge is 0.256 e. The number of hydrogen-bond donors (Lipinski definition) is 2. The lowest BCUT2D eigenvalue weighted by atomic mass is 10.2. The van der Waals surface area contributed by atoms with E-state index in [4.69, 9.17) is 9.47 Å². The molecule has 0 aliphatic carbocycles. The summed E-state index contributed by atoms with van der Waals surface area (Å²) in [5.74, 6) is -0.288. The minimum absolute atomic E-state index is 0.00547. The minimum Gasteiger partial charge on any atom is -0.359 e. The van der Waals surface area contributed by atoms with Crippen LogP contribution in [0.15, 0.2) is 24.3 Å². The number of nitrogens with one attached hydrogen (secondary N) is 2. The molecule has 0 saturated carbocycles. The molecule has 2 unspecified atom stereocenters. The maximum Gasteiger partial charge on any atom is 0.256 e. The highest BCUT2D eigenvalue weighted by Crippen LogP contribution is 2.24. The van der Waals surface area contributed by atoms with Gasteiger partial charge in [-0.3, -0.25) is 9.59 Å². The quantitative estimate of drug-likeness (QED) is 0.808. The number of carbonyl (C=O) groups is 2. The van der Waals surface area contributed by atoms with Crippen LogP contribution in [0.25, 0.3) is 0 Å². The van der Waals surface area contributed by atoms with Crippen LogP contribution in [0.3, 0.4) is 0 Å². The highest BCUT2D eigenvalue weighted by Gasteiger charge is 2.41. The molecule has 2 fully saturated rings. The molecule has 2 amide bonds. The molecule has 1 aromatic carbocycles. The number of amides is 2. The maximum absolute atomic E-state index is 11.7. The van der Waals surface area contributed by atoms with E-state index in [-0.39, 0.29) is 36.2 Å². The van der Waals surface area contributed by atoms with Gasteiger partial charge in [-0.1, -0.05) is 0 Å². The lowest BCUT2D eigenvalue weighted by molar-refractivity contribution is -0.118. The zero-order valence-electron chi connectivity index (χ0n) is 11.3. The third kappa shape index (κ3) is 2.81. The van der Waals surface area contributed by atoms with Gasteiger partial charge in [0.2, 0.25) is 0 Å². The normalized spacial score (nSPS) is 30.5. The van der Waals surface area contributed by atoms with Crippen molar-refractivity contribution in [1.29, 1.82) is 0 Å². The highest BCUT2D eigenvalue weighted by molar-refractivity contribution is 5.98. The van der Waals surface area contributed by atoms with Gasteiger partial charge in [0, 0.05) is 11.4 Å². The van der Waals surface area contributed by atoms with E-state index in [2.05, 4.69) is 10.6 Å². The van der Waals surface area contributed by atoms with Crippen molar-refractivity contribution in [3.8, 4) is 0 Å². The van der Waals surface area contributed by atoms with Crippen LogP contribution in [-0.2, 0) is 19.1 Å². The SMILES string of the molecule is CC1OC1C(=O)Nc1ccc(NC(=O)[C@@H]2O[C@@H]2C)cc1. The summed E-state index contributed by atoms with van der Waals surface area (Å²) < 4.78 is 10.2. The zero-order chi connectivity index (χ0) is 14.3. The van der Waals surface area contributed by atoms with Gasteiger partial charge in [0.1, 0.15) is 0 Å². The second kappa shape index (κ2) is 4.88. The molecule has 106 valence electrons. The molecule has 0 radical (unpaired) electrons. The fourth-order valence-electron chi connectivity index (χ4n) is 1.99. The van der Waals surface area contributed by atoms with E-state index in [0.29, 0.717) is 11.4 Å². The molecule has 2 saturated heterocycles. The van der Waals surface area contributed by atoms with Crippen molar-refractivity contribution in [2.45, 2.75) is 38.3 Å². The summed E-state index contributed by atoms with van der Waals surface area (Å²) in [6, 6.07) is 6.94. The van der Waals surface area contributed by atoms with Crippen molar-refractivity contribution in [2.24, 2.45) is 0 Å². The van der Waals surface area contributed by atoms with E-state index in [9.17, 15) is 9.59 Å². The molecule has 6 heteroatoms.